The van der Waals surface area contributed by atoms with Gasteiger partial charge in [-0.3, -0.25) is 4.79 Å². The molecule has 4 heteroatoms. The van der Waals surface area contributed by atoms with E-state index in [-0.39, 0.29) is 5.91 Å². The Morgan fingerprint density at radius 1 is 1.10 bits per heavy atom. The van der Waals surface area contributed by atoms with Gasteiger partial charge in [-0.25, -0.2) is 0 Å². The number of amides is 1. The van der Waals surface area contributed by atoms with Gasteiger partial charge in [0.1, 0.15) is 0 Å². The van der Waals surface area contributed by atoms with E-state index in [2.05, 4.69) is 22.0 Å². The Kier molecular flexibility index (Phi) is 3.52. The third-order valence-electron chi connectivity index (χ3n) is 3.85. The van der Waals surface area contributed by atoms with Crippen LogP contribution in [0.4, 0.5) is 0 Å². The van der Waals surface area contributed by atoms with E-state index >= 15 is 0 Å². The second-order valence-corrected chi connectivity index (χ2v) is 5.35. The Hall–Kier alpha value is -2.49. The van der Waals surface area contributed by atoms with E-state index in [9.17, 15) is 4.79 Å². The number of fused-ring (bicyclic) bond motifs is 1. The van der Waals surface area contributed by atoms with Gasteiger partial charge in [-0.2, -0.15) is 0 Å². The molecule has 0 aliphatic carbocycles. The van der Waals surface area contributed by atoms with Gasteiger partial charge in [0, 0.05) is 43.1 Å². The number of hydrogen-bond donors (Lipinski definition) is 1. The molecule has 2 aromatic heterocycles. The first-order valence-electron chi connectivity index (χ1n) is 7.05. The summed E-state index contributed by atoms with van der Waals surface area (Å²) in [7, 11) is 3.99. The van der Waals surface area contributed by atoms with Crippen LogP contribution >= 0.6 is 0 Å². The van der Waals surface area contributed by atoms with Gasteiger partial charge in [-0.05, 0) is 23.8 Å². The van der Waals surface area contributed by atoms with Crippen molar-refractivity contribution < 1.29 is 4.79 Å². The van der Waals surface area contributed by atoms with Crippen LogP contribution in [0.3, 0.4) is 0 Å². The number of aromatic nitrogens is 2. The molecule has 0 fully saturated rings. The molecule has 1 amide bonds. The van der Waals surface area contributed by atoms with Gasteiger partial charge in [-0.1, -0.05) is 18.2 Å². The van der Waals surface area contributed by atoms with Crippen molar-refractivity contribution in [3.63, 3.8) is 0 Å². The van der Waals surface area contributed by atoms with Gasteiger partial charge in [0.25, 0.3) is 0 Å². The van der Waals surface area contributed by atoms with E-state index in [1.54, 1.807) is 0 Å². The fraction of sp³-hybridized carbons (Fsp3) is 0.235. The predicted molar refractivity (Wildman–Crippen MR) is 83.9 cm³/mol. The number of rotatable bonds is 4. The fourth-order valence-electron chi connectivity index (χ4n) is 2.67. The molecule has 108 valence electrons. The molecule has 0 saturated heterocycles. The van der Waals surface area contributed by atoms with Crippen LogP contribution in [-0.2, 0) is 31.9 Å². The smallest absolute Gasteiger partial charge is 0.224 e. The summed E-state index contributed by atoms with van der Waals surface area (Å²) in [5, 5.41) is 4.13. The quantitative estimate of drug-likeness (QED) is 0.783. The fourth-order valence-corrected chi connectivity index (χ4v) is 2.67. The number of carbonyl (C=O) groups is 1. The van der Waals surface area contributed by atoms with Crippen LogP contribution in [0.1, 0.15) is 11.3 Å². The Balaban J connectivity index is 1.70. The van der Waals surface area contributed by atoms with E-state index in [1.165, 1.54) is 0 Å². The zero-order valence-electron chi connectivity index (χ0n) is 12.3. The molecule has 0 bridgehead atoms. The lowest BCUT2D eigenvalue weighted by Crippen LogP contribution is -2.25. The summed E-state index contributed by atoms with van der Waals surface area (Å²) in [5.74, 6) is 0.0487. The Morgan fingerprint density at radius 2 is 1.90 bits per heavy atom. The summed E-state index contributed by atoms with van der Waals surface area (Å²) >= 11 is 0. The minimum atomic E-state index is 0.0487. The first-order valence-corrected chi connectivity index (χ1v) is 7.05. The molecule has 3 aromatic rings. The maximum absolute atomic E-state index is 12.1. The third kappa shape index (κ3) is 2.70. The van der Waals surface area contributed by atoms with E-state index in [0.717, 1.165) is 22.2 Å². The maximum atomic E-state index is 12.1. The highest BCUT2D eigenvalue weighted by atomic mass is 16.1. The van der Waals surface area contributed by atoms with Crippen molar-refractivity contribution in [2.75, 3.05) is 0 Å². The number of benzene rings is 1. The van der Waals surface area contributed by atoms with Crippen LogP contribution < -0.4 is 5.32 Å². The number of aryl methyl sites for hydroxylation is 2. The number of nitrogens with zero attached hydrogens (tertiary/aromatic N) is 2. The molecule has 3 rings (SSSR count). The summed E-state index contributed by atoms with van der Waals surface area (Å²) in [6.45, 7) is 0.563. The van der Waals surface area contributed by atoms with Crippen LogP contribution in [0.15, 0.2) is 48.8 Å². The molecule has 1 aromatic carbocycles. The maximum Gasteiger partial charge on any atom is 0.224 e. The highest BCUT2D eigenvalue weighted by molar-refractivity contribution is 5.89. The van der Waals surface area contributed by atoms with Crippen molar-refractivity contribution in [2.45, 2.75) is 13.0 Å². The summed E-state index contributed by atoms with van der Waals surface area (Å²) in [5.41, 5.74) is 3.32. The molecule has 0 aliphatic rings. The number of para-hydroxylation sites is 1. The zero-order chi connectivity index (χ0) is 14.8. The van der Waals surface area contributed by atoms with E-state index < -0.39 is 0 Å². The van der Waals surface area contributed by atoms with Gasteiger partial charge < -0.3 is 14.5 Å². The lowest BCUT2D eigenvalue weighted by molar-refractivity contribution is -0.120. The minimum Gasteiger partial charge on any atom is -0.353 e. The molecule has 0 spiro atoms. The number of hydrogen-bond acceptors (Lipinski definition) is 1. The van der Waals surface area contributed by atoms with E-state index in [4.69, 9.17) is 0 Å². The van der Waals surface area contributed by atoms with Crippen LogP contribution in [-0.4, -0.2) is 15.0 Å². The minimum absolute atomic E-state index is 0.0487. The molecular formula is C17H19N3O. The topological polar surface area (TPSA) is 39.0 Å². The van der Waals surface area contributed by atoms with Crippen molar-refractivity contribution in [1.29, 1.82) is 0 Å². The second-order valence-electron chi connectivity index (χ2n) is 5.35. The van der Waals surface area contributed by atoms with Crippen LogP contribution in [0.2, 0.25) is 0 Å². The van der Waals surface area contributed by atoms with Crippen LogP contribution in [0, 0.1) is 0 Å². The molecule has 21 heavy (non-hydrogen) atoms. The van der Waals surface area contributed by atoms with Gasteiger partial charge in [0.05, 0.1) is 13.0 Å². The normalized spacial score (nSPS) is 11.0. The molecule has 0 radical (unpaired) electrons. The van der Waals surface area contributed by atoms with E-state index in [0.29, 0.717) is 13.0 Å². The average molecular weight is 281 g/mol. The van der Waals surface area contributed by atoms with Gasteiger partial charge in [-0.15, -0.1) is 0 Å². The van der Waals surface area contributed by atoms with Gasteiger partial charge in [0.15, 0.2) is 0 Å². The molecule has 0 unspecified atom stereocenters. The molecule has 0 aliphatic heterocycles. The SMILES string of the molecule is Cn1cccc1CNC(=O)Cc1cn(C)c2ccccc12. The van der Waals surface area contributed by atoms with Gasteiger partial charge >= 0.3 is 0 Å². The van der Waals surface area contributed by atoms with Crippen LogP contribution in [0.5, 0.6) is 0 Å². The zero-order valence-corrected chi connectivity index (χ0v) is 12.3. The largest absolute Gasteiger partial charge is 0.353 e. The Labute approximate surface area is 124 Å². The molecule has 4 nitrogen and oxygen atoms in total. The first kappa shape index (κ1) is 13.5. The Bertz CT molecular complexity index is 782. The number of carbonyl (C=O) groups excluding carboxylic acids is 1. The molecule has 1 N–H and O–H groups in total. The Morgan fingerprint density at radius 3 is 2.67 bits per heavy atom. The monoisotopic (exact) mass is 281 g/mol. The molecular weight excluding hydrogens is 262 g/mol. The van der Waals surface area contributed by atoms with Crippen molar-refractivity contribution in [3.8, 4) is 0 Å². The summed E-state index contributed by atoms with van der Waals surface area (Å²) < 4.78 is 4.08. The van der Waals surface area contributed by atoms with Crippen molar-refractivity contribution in [2.24, 2.45) is 14.1 Å². The van der Waals surface area contributed by atoms with Crippen molar-refractivity contribution in [1.82, 2.24) is 14.5 Å². The lowest BCUT2D eigenvalue weighted by Gasteiger charge is -2.06. The second kappa shape index (κ2) is 5.48. The predicted octanol–water partition coefficient (Wildman–Crippen LogP) is 2.38. The molecule has 2 heterocycles. The van der Waals surface area contributed by atoms with Crippen LogP contribution in [0.25, 0.3) is 10.9 Å². The van der Waals surface area contributed by atoms with Crippen molar-refractivity contribution >= 4 is 16.8 Å². The van der Waals surface area contributed by atoms with Crippen molar-refractivity contribution in [3.05, 3.63) is 60.0 Å². The summed E-state index contributed by atoms with van der Waals surface area (Å²) in [4.78, 5) is 12.1. The highest BCUT2D eigenvalue weighted by Crippen LogP contribution is 2.20. The molecule has 0 saturated carbocycles. The number of nitrogens with one attached hydrogen (secondary N) is 1. The third-order valence-corrected chi connectivity index (χ3v) is 3.85. The summed E-state index contributed by atoms with van der Waals surface area (Å²) in [6.07, 6.45) is 4.42. The highest BCUT2D eigenvalue weighted by Gasteiger charge is 2.10. The summed E-state index contributed by atoms with van der Waals surface area (Å²) in [6, 6.07) is 12.1. The van der Waals surface area contributed by atoms with Gasteiger partial charge in [0.2, 0.25) is 5.91 Å². The first-order chi connectivity index (χ1) is 10.1. The standard InChI is InChI=1S/C17H19N3O/c1-19-9-5-6-14(19)11-18-17(21)10-13-12-20(2)16-8-4-3-7-15(13)16/h3-9,12H,10-11H2,1-2H3,(H,18,21). The lowest BCUT2D eigenvalue weighted by atomic mass is 10.1. The average Bonchev–Trinajstić information content (AvgIpc) is 3.02. The molecule has 0 atom stereocenters. The van der Waals surface area contributed by atoms with E-state index in [1.807, 2.05) is 55.3 Å².